The molecule has 3 heteroatoms. The Hall–Kier alpha value is -1.06. The van der Waals surface area contributed by atoms with Gasteiger partial charge in [0.2, 0.25) is 0 Å². The van der Waals surface area contributed by atoms with E-state index in [2.05, 4.69) is 49.2 Å². The zero-order valence-electron chi connectivity index (χ0n) is 10.9. The Kier molecular flexibility index (Phi) is 3.69. The average Bonchev–Trinajstić information content (AvgIpc) is 2.32. The molecule has 0 unspecified atom stereocenters. The van der Waals surface area contributed by atoms with Crippen LogP contribution in [0.15, 0.2) is 18.2 Å². The molecule has 0 saturated carbocycles. The molecule has 0 aliphatic carbocycles. The molecule has 94 valence electrons. The second-order valence-corrected chi connectivity index (χ2v) is 5.10. The second kappa shape index (κ2) is 5.07. The molecule has 3 nitrogen and oxygen atoms in total. The largest absolute Gasteiger partial charge is 0.392 e. The van der Waals surface area contributed by atoms with Gasteiger partial charge < -0.3 is 15.3 Å². The first kappa shape index (κ1) is 12.4. The lowest BCUT2D eigenvalue weighted by molar-refractivity contribution is 0.281. The maximum absolute atomic E-state index is 9.48. The van der Waals surface area contributed by atoms with Gasteiger partial charge in [0.15, 0.2) is 0 Å². The van der Waals surface area contributed by atoms with Crippen LogP contribution in [0.2, 0.25) is 0 Å². The summed E-state index contributed by atoms with van der Waals surface area (Å²) in [5, 5.41) is 13.0. The van der Waals surface area contributed by atoms with Gasteiger partial charge in [-0.1, -0.05) is 17.7 Å². The summed E-state index contributed by atoms with van der Waals surface area (Å²) in [6.45, 7) is 8.59. The number of rotatable bonds is 2. The van der Waals surface area contributed by atoms with Crippen LogP contribution in [0.4, 0.5) is 5.69 Å². The van der Waals surface area contributed by atoms with Crippen LogP contribution >= 0.6 is 0 Å². The Balaban J connectivity index is 2.31. The molecule has 1 aliphatic heterocycles. The van der Waals surface area contributed by atoms with E-state index in [0.717, 1.165) is 18.7 Å². The maximum atomic E-state index is 9.48. The van der Waals surface area contributed by atoms with Gasteiger partial charge in [-0.15, -0.1) is 0 Å². The fourth-order valence-corrected chi connectivity index (χ4v) is 2.48. The lowest BCUT2D eigenvalue weighted by Crippen LogP contribution is -2.54. The van der Waals surface area contributed by atoms with E-state index in [1.165, 1.54) is 11.3 Å². The summed E-state index contributed by atoms with van der Waals surface area (Å²) in [5.74, 6) is 0. The Morgan fingerprint density at radius 1 is 1.41 bits per heavy atom. The molecule has 1 aromatic rings. The van der Waals surface area contributed by atoms with Crippen molar-refractivity contribution >= 4 is 5.69 Å². The number of aryl methyl sites for hydroxylation is 1. The van der Waals surface area contributed by atoms with Gasteiger partial charge in [0.05, 0.1) is 6.61 Å². The molecule has 1 saturated heterocycles. The number of nitrogens with one attached hydrogen (secondary N) is 1. The second-order valence-electron chi connectivity index (χ2n) is 5.10. The highest BCUT2D eigenvalue weighted by Gasteiger charge is 2.23. The quantitative estimate of drug-likeness (QED) is 0.817. The lowest BCUT2D eigenvalue weighted by Gasteiger charge is -2.40. The third-order valence-corrected chi connectivity index (χ3v) is 3.48. The molecule has 0 bridgehead atoms. The first-order valence-corrected chi connectivity index (χ1v) is 6.32. The Bertz CT molecular complexity index is 392. The molecule has 0 aromatic heterocycles. The first-order valence-electron chi connectivity index (χ1n) is 6.32. The lowest BCUT2D eigenvalue weighted by atomic mass is 10.0. The van der Waals surface area contributed by atoms with E-state index in [1.807, 2.05) is 0 Å². The van der Waals surface area contributed by atoms with Gasteiger partial charge in [0, 0.05) is 36.4 Å². The van der Waals surface area contributed by atoms with Crippen molar-refractivity contribution in [3.8, 4) is 0 Å². The van der Waals surface area contributed by atoms with Gasteiger partial charge in [0.25, 0.3) is 0 Å². The van der Waals surface area contributed by atoms with Gasteiger partial charge in [-0.05, 0) is 26.8 Å². The number of nitrogens with zero attached hydrogens (tertiary/aromatic N) is 1. The standard InChI is InChI=1S/C14H22N2O/c1-10-4-5-14(13(6-10)9-17)16-8-11(2)15-7-12(16)3/h4-6,11-12,15,17H,7-9H2,1-3H3/t11-,12+/m0/s1. The minimum absolute atomic E-state index is 0.113. The van der Waals surface area contributed by atoms with Crippen LogP contribution in [0.1, 0.15) is 25.0 Å². The van der Waals surface area contributed by atoms with Crippen LogP contribution in [0.5, 0.6) is 0 Å². The highest BCUT2D eigenvalue weighted by molar-refractivity contribution is 5.56. The highest BCUT2D eigenvalue weighted by Crippen LogP contribution is 2.25. The third-order valence-electron chi connectivity index (χ3n) is 3.48. The number of piperazine rings is 1. The molecule has 2 N–H and O–H groups in total. The van der Waals surface area contributed by atoms with Crippen molar-refractivity contribution in [2.24, 2.45) is 0 Å². The van der Waals surface area contributed by atoms with Crippen molar-refractivity contribution in [1.29, 1.82) is 0 Å². The molecule has 2 atom stereocenters. The zero-order valence-corrected chi connectivity index (χ0v) is 10.9. The minimum Gasteiger partial charge on any atom is -0.392 e. The third kappa shape index (κ3) is 2.61. The molecule has 1 aliphatic rings. The zero-order chi connectivity index (χ0) is 12.4. The summed E-state index contributed by atoms with van der Waals surface area (Å²) >= 11 is 0. The SMILES string of the molecule is Cc1ccc(N2C[C@H](C)NC[C@H]2C)c(CO)c1. The van der Waals surface area contributed by atoms with E-state index in [-0.39, 0.29) is 6.61 Å². The van der Waals surface area contributed by atoms with Crippen molar-refractivity contribution in [3.63, 3.8) is 0 Å². The van der Waals surface area contributed by atoms with Gasteiger partial charge >= 0.3 is 0 Å². The molecule has 17 heavy (non-hydrogen) atoms. The molecular weight excluding hydrogens is 212 g/mol. The van der Waals surface area contributed by atoms with Gasteiger partial charge in [-0.2, -0.15) is 0 Å². The fraction of sp³-hybridized carbons (Fsp3) is 0.571. The summed E-state index contributed by atoms with van der Waals surface area (Å²) < 4.78 is 0. The maximum Gasteiger partial charge on any atom is 0.0702 e. The van der Waals surface area contributed by atoms with Gasteiger partial charge in [-0.3, -0.25) is 0 Å². The van der Waals surface area contributed by atoms with Gasteiger partial charge in [-0.25, -0.2) is 0 Å². The Labute approximate surface area is 103 Å². The van der Waals surface area contributed by atoms with Crippen molar-refractivity contribution in [1.82, 2.24) is 5.32 Å². The van der Waals surface area contributed by atoms with E-state index >= 15 is 0 Å². The molecule has 1 fully saturated rings. The van der Waals surface area contributed by atoms with E-state index in [9.17, 15) is 5.11 Å². The van der Waals surface area contributed by atoms with Crippen LogP contribution < -0.4 is 10.2 Å². The van der Waals surface area contributed by atoms with Crippen LogP contribution in [0, 0.1) is 6.92 Å². The number of hydrogen-bond donors (Lipinski definition) is 2. The Morgan fingerprint density at radius 3 is 2.88 bits per heavy atom. The summed E-state index contributed by atoms with van der Waals surface area (Å²) in [6.07, 6.45) is 0. The fourth-order valence-electron chi connectivity index (χ4n) is 2.48. The Morgan fingerprint density at radius 2 is 2.18 bits per heavy atom. The number of benzene rings is 1. The predicted molar refractivity (Wildman–Crippen MR) is 71.4 cm³/mol. The van der Waals surface area contributed by atoms with Crippen LogP contribution in [0.3, 0.4) is 0 Å². The molecule has 1 heterocycles. The van der Waals surface area contributed by atoms with Crippen LogP contribution in [-0.4, -0.2) is 30.3 Å². The van der Waals surface area contributed by atoms with Crippen LogP contribution in [0.25, 0.3) is 0 Å². The highest BCUT2D eigenvalue weighted by atomic mass is 16.3. The number of aliphatic hydroxyl groups is 1. The first-order chi connectivity index (χ1) is 8.11. The molecule has 0 amide bonds. The van der Waals surface area contributed by atoms with E-state index in [1.54, 1.807) is 0 Å². The van der Waals surface area contributed by atoms with Crippen molar-refractivity contribution in [3.05, 3.63) is 29.3 Å². The molecule has 0 radical (unpaired) electrons. The number of anilines is 1. The number of hydrogen-bond acceptors (Lipinski definition) is 3. The molecular formula is C14H22N2O. The van der Waals surface area contributed by atoms with E-state index in [0.29, 0.717) is 12.1 Å². The summed E-state index contributed by atoms with van der Waals surface area (Å²) in [5.41, 5.74) is 3.42. The molecule has 0 spiro atoms. The van der Waals surface area contributed by atoms with Gasteiger partial charge in [0.1, 0.15) is 0 Å². The van der Waals surface area contributed by atoms with Crippen molar-refractivity contribution < 1.29 is 5.11 Å². The van der Waals surface area contributed by atoms with E-state index < -0.39 is 0 Å². The van der Waals surface area contributed by atoms with Crippen LogP contribution in [-0.2, 0) is 6.61 Å². The van der Waals surface area contributed by atoms with E-state index in [4.69, 9.17) is 0 Å². The average molecular weight is 234 g/mol. The topological polar surface area (TPSA) is 35.5 Å². The normalized spacial score (nSPS) is 25.1. The summed E-state index contributed by atoms with van der Waals surface area (Å²) in [6, 6.07) is 7.30. The smallest absolute Gasteiger partial charge is 0.0702 e. The predicted octanol–water partition coefficient (Wildman–Crippen LogP) is 1.67. The number of aliphatic hydroxyl groups excluding tert-OH is 1. The summed E-state index contributed by atoms with van der Waals surface area (Å²) in [7, 11) is 0. The minimum atomic E-state index is 0.113. The van der Waals surface area contributed by atoms with Crippen molar-refractivity contribution in [2.75, 3.05) is 18.0 Å². The monoisotopic (exact) mass is 234 g/mol. The molecule has 2 rings (SSSR count). The molecule has 1 aromatic carbocycles. The summed E-state index contributed by atoms with van der Waals surface area (Å²) in [4.78, 5) is 2.40. The van der Waals surface area contributed by atoms with Crippen molar-refractivity contribution in [2.45, 2.75) is 39.5 Å².